The van der Waals surface area contributed by atoms with Crippen LogP contribution in [0.5, 0.6) is 0 Å². The Morgan fingerprint density at radius 3 is 2.44 bits per heavy atom. The molecule has 0 spiro atoms. The molecular formula is C14H27NO. The molecule has 0 amide bonds. The highest BCUT2D eigenvalue weighted by atomic mass is 16.5. The predicted molar refractivity (Wildman–Crippen MR) is 67.6 cm³/mol. The second-order valence-electron chi connectivity index (χ2n) is 5.72. The molecule has 2 aliphatic rings. The lowest BCUT2D eigenvalue weighted by Crippen LogP contribution is -2.38. The molecule has 0 unspecified atom stereocenters. The molecule has 0 bridgehead atoms. The summed E-state index contributed by atoms with van der Waals surface area (Å²) in [5, 5.41) is 3.62. The van der Waals surface area contributed by atoms with Crippen molar-refractivity contribution in [1.82, 2.24) is 5.32 Å². The van der Waals surface area contributed by atoms with Crippen molar-refractivity contribution >= 4 is 0 Å². The topological polar surface area (TPSA) is 21.3 Å². The van der Waals surface area contributed by atoms with Crippen LogP contribution in [0.4, 0.5) is 0 Å². The van der Waals surface area contributed by atoms with Crippen molar-refractivity contribution in [3.05, 3.63) is 0 Å². The Kier molecular flexibility index (Phi) is 4.66. The van der Waals surface area contributed by atoms with E-state index in [4.69, 9.17) is 4.74 Å². The van der Waals surface area contributed by atoms with Crippen LogP contribution in [0.15, 0.2) is 0 Å². The maximum atomic E-state index is 5.10. The monoisotopic (exact) mass is 225 g/mol. The largest absolute Gasteiger partial charge is 0.383 e. The van der Waals surface area contributed by atoms with Gasteiger partial charge < -0.3 is 10.1 Å². The van der Waals surface area contributed by atoms with Gasteiger partial charge in [-0.25, -0.2) is 0 Å². The number of methoxy groups -OCH3 is 1. The summed E-state index contributed by atoms with van der Waals surface area (Å²) >= 11 is 0. The van der Waals surface area contributed by atoms with Crippen LogP contribution >= 0.6 is 0 Å². The summed E-state index contributed by atoms with van der Waals surface area (Å²) in [6.07, 6.45) is 11.8. The van der Waals surface area contributed by atoms with E-state index in [0.717, 1.165) is 19.1 Å². The fraction of sp³-hybridized carbons (Fsp3) is 1.00. The van der Waals surface area contributed by atoms with Gasteiger partial charge in [0.2, 0.25) is 0 Å². The molecule has 0 radical (unpaired) electrons. The highest BCUT2D eigenvalue weighted by molar-refractivity contribution is 4.94. The average molecular weight is 225 g/mol. The van der Waals surface area contributed by atoms with E-state index in [9.17, 15) is 0 Å². The Balaban J connectivity index is 1.83. The average Bonchev–Trinajstić information content (AvgIpc) is 2.95. The summed E-state index contributed by atoms with van der Waals surface area (Å²) in [7, 11) is 1.78. The lowest BCUT2D eigenvalue weighted by Gasteiger charge is -2.36. The van der Waals surface area contributed by atoms with Gasteiger partial charge in [0.25, 0.3) is 0 Å². The Labute approximate surface area is 100 Å². The molecule has 2 aliphatic carbocycles. The third-order valence-corrected chi connectivity index (χ3v) is 4.78. The summed E-state index contributed by atoms with van der Waals surface area (Å²) in [5.74, 6) is 1.02. The van der Waals surface area contributed by atoms with E-state index in [1.165, 1.54) is 57.9 Å². The maximum Gasteiger partial charge on any atom is 0.0587 e. The Bertz CT molecular complexity index is 193. The number of hydrogen-bond acceptors (Lipinski definition) is 2. The molecule has 0 saturated heterocycles. The van der Waals surface area contributed by atoms with Crippen molar-refractivity contribution in [2.75, 3.05) is 26.8 Å². The summed E-state index contributed by atoms with van der Waals surface area (Å²) in [6.45, 7) is 3.10. The molecule has 2 heteroatoms. The normalized spacial score (nSPS) is 25.3. The van der Waals surface area contributed by atoms with Crippen LogP contribution in [0.3, 0.4) is 0 Å². The Morgan fingerprint density at radius 2 is 1.81 bits per heavy atom. The zero-order valence-electron chi connectivity index (χ0n) is 10.8. The first kappa shape index (κ1) is 12.4. The van der Waals surface area contributed by atoms with Gasteiger partial charge in [-0.15, -0.1) is 0 Å². The minimum Gasteiger partial charge on any atom is -0.383 e. The molecule has 2 nitrogen and oxygen atoms in total. The molecule has 0 aromatic rings. The highest BCUT2D eigenvalue weighted by Crippen LogP contribution is 2.50. The van der Waals surface area contributed by atoms with Crippen LogP contribution in [-0.2, 0) is 4.74 Å². The molecule has 16 heavy (non-hydrogen) atoms. The third kappa shape index (κ3) is 2.78. The summed E-state index contributed by atoms with van der Waals surface area (Å²) < 4.78 is 5.10. The number of rotatable bonds is 6. The van der Waals surface area contributed by atoms with Gasteiger partial charge in [-0.3, -0.25) is 0 Å². The molecule has 0 heterocycles. The summed E-state index contributed by atoms with van der Waals surface area (Å²) in [4.78, 5) is 0. The van der Waals surface area contributed by atoms with Crippen molar-refractivity contribution < 1.29 is 4.74 Å². The highest BCUT2D eigenvalue weighted by Gasteiger charge is 2.41. The standard InChI is InChI=1S/C14H27NO/c1-16-11-10-15-12-14(8-4-5-9-14)13-6-2-3-7-13/h13,15H,2-12H2,1H3. The van der Waals surface area contributed by atoms with Crippen LogP contribution in [0.1, 0.15) is 51.4 Å². The van der Waals surface area contributed by atoms with Gasteiger partial charge in [-0.1, -0.05) is 25.7 Å². The van der Waals surface area contributed by atoms with Gasteiger partial charge in [0.15, 0.2) is 0 Å². The van der Waals surface area contributed by atoms with E-state index in [1.807, 2.05) is 0 Å². The lowest BCUT2D eigenvalue weighted by molar-refractivity contribution is 0.150. The van der Waals surface area contributed by atoms with Crippen LogP contribution in [0.25, 0.3) is 0 Å². The second-order valence-corrected chi connectivity index (χ2v) is 5.72. The second kappa shape index (κ2) is 6.02. The predicted octanol–water partition coefficient (Wildman–Crippen LogP) is 2.97. The third-order valence-electron chi connectivity index (χ3n) is 4.78. The SMILES string of the molecule is COCCNCC1(C2CCCC2)CCCC1. The Hall–Kier alpha value is -0.0800. The quantitative estimate of drug-likeness (QED) is 0.702. The first-order valence-corrected chi connectivity index (χ1v) is 7.07. The minimum absolute atomic E-state index is 0.657. The zero-order valence-corrected chi connectivity index (χ0v) is 10.8. The molecule has 0 aliphatic heterocycles. The van der Waals surface area contributed by atoms with E-state index in [2.05, 4.69) is 5.32 Å². The van der Waals surface area contributed by atoms with E-state index < -0.39 is 0 Å². The van der Waals surface area contributed by atoms with E-state index >= 15 is 0 Å². The minimum atomic E-state index is 0.657. The molecule has 0 aromatic heterocycles. The van der Waals surface area contributed by atoms with Gasteiger partial charge in [0.05, 0.1) is 6.61 Å². The van der Waals surface area contributed by atoms with Crippen molar-refractivity contribution in [2.45, 2.75) is 51.4 Å². The molecular weight excluding hydrogens is 198 g/mol. The van der Waals surface area contributed by atoms with Gasteiger partial charge in [0, 0.05) is 20.2 Å². The molecule has 2 saturated carbocycles. The first-order chi connectivity index (χ1) is 7.87. The van der Waals surface area contributed by atoms with Crippen LogP contribution in [-0.4, -0.2) is 26.8 Å². The maximum absolute atomic E-state index is 5.10. The number of hydrogen-bond donors (Lipinski definition) is 1. The molecule has 0 aromatic carbocycles. The van der Waals surface area contributed by atoms with Crippen molar-refractivity contribution in [3.63, 3.8) is 0 Å². The zero-order chi connectivity index (χ0) is 11.3. The summed E-state index contributed by atoms with van der Waals surface area (Å²) in [5.41, 5.74) is 0.657. The fourth-order valence-electron chi connectivity index (χ4n) is 3.86. The lowest BCUT2D eigenvalue weighted by atomic mass is 9.73. The smallest absolute Gasteiger partial charge is 0.0587 e. The molecule has 2 rings (SSSR count). The van der Waals surface area contributed by atoms with E-state index in [0.29, 0.717) is 5.41 Å². The van der Waals surface area contributed by atoms with Crippen LogP contribution in [0.2, 0.25) is 0 Å². The van der Waals surface area contributed by atoms with Crippen LogP contribution < -0.4 is 5.32 Å². The van der Waals surface area contributed by atoms with Gasteiger partial charge in [-0.05, 0) is 37.0 Å². The van der Waals surface area contributed by atoms with Gasteiger partial charge in [0.1, 0.15) is 0 Å². The van der Waals surface area contributed by atoms with Gasteiger partial charge >= 0.3 is 0 Å². The first-order valence-electron chi connectivity index (χ1n) is 7.07. The number of ether oxygens (including phenoxy) is 1. The van der Waals surface area contributed by atoms with E-state index in [-0.39, 0.29) is 0 Å². The molecule has 1 N–H and O–H groups in total. The Morgan fingerprint density at radius 1 is 1.12 bits per heavy atom. The van der Waals surface area contributed by atoms with Crippen LogP contribution in [0, 0.1) is 11.3 Å². The molecule has 0 atom stereocenters. The fourth-order valence-corrected chi connectivity index (χ4v) is 3.86. The summed E-state index contributed by atoms with van der Waals surface area (Å²) in [6, 6.07) is 0. The van der Waals surface area contributed by atoms with Crippen molar-refractivity contribution in [1.29, 1.82) is 0 Å². The van der Waals surface area contributed by atoms with E-state index in [1.54, 1.807) is 7.11 Å². The number of nitrogens with one attached hydrogen (secondary N) is 1. The van der Waals surface area contributed by atoms with Gasteiger partial charge in [-0.2, -0.15) is 0 Å². The van der Waals surface area contributed by atoms with Crippen molar-refractivity contribution in [3.8, 4) is 0 Å². The molecule has 94 valence electrons. The van der Waals surface area contributed by atoms with Crippen molar-refractivity contribution in [2.24, 2.45) is 11.3 Å². The molecule has 2 fully saturated rings.